The molecule has 0 amide bonds. The number of aliphatic imine (C=N–C) groups is 1. The highest BCUT2D eigenvalue weighted by Crippen LogP contribution is 2.27. The van der Waals surface area contributed by atoms with E-state index in [9.17, 15) is 13.2 Å². The molecular formula is C11H13F3N4. The number of likely N-dealkylation sites (N-methyl/N-ethyl adjacent to an activating group) is 1. The fourth-order valence-electron chi connectivity index (χ4n) is 1.63. The van der Waals surface area contributed by atoms with Gasteiger partial charge in [-0.25, -0.2) is 4.98 Å². The van der Waals surface area contributed by atoms with Gasteiger partial charge in [0, 0.05) is 13.6 Å². The number of hydrogen-bond donors (Lipinski definition) is 1. The summed E-state index contributed by atoms with van der Waals surface area (Å²) < 4.78 is 37.4. The van der Waals surface area contributed by atoms with Crippen LogP contribution in [0, 0.1) is 0 Å². The van der Waals surface area contributed by atoms with E-state index >= 15 is 0 Å². The van der Waals surface area contributed by atoms with E-state index < -0.39 is 11.9 Å². The van der Waals surface area contributed by atoms with Crippen molar-refractivity contribution in [2.45, 2.75) is 12.7 Å². The Morgan fingerprint density at radius 3 is 2.78 bits per heavy atom. The minimum absolute atomic E-state index is 0.229. The maximum Gasteiger partial charge on any atom is 0.433 e. The molecule has 1 aliphatic heterocycles. The minimum Gasteiger partial charge on any atom is -0.351 e. The van der Waals surface area contributed by atoms with Gasteiger partial charge in [-0.05, 0) is 12.1 Å². The smallest absolute Gasteiger partial charge is 0.351 e. The van der Waals surface area contributed by atoms with Crippen LogP contribution in [0.15, 0.2) is 23.2 Å². The average Bonchev–Trinajstić information content (AvgIpc) is 2.72. The third-order valence-corrected chi connectivity index (χ3v) is 2.58. The second-order valence-corrected chi connectivity index (χ2v) is 3.99. The summed E-state index contributed by atoms with van der Waals surface area (Å²) in [6, 6.07) is 3.87. The Morgan fingerprint density at radius 2 is 2.17 bits per heavy atom. The molecule has 1 aromatic heterocycles. The molecule has 1 aromatic rings. The lowest BCUT2D eigenvalue weighted by Gasteiger charge is -2.15. The van der Waals surface area contributed by atoms with Gasteiger partial charge in [-0.1, -0.05) is 6.07 Å². The third-order valence-electron chi connectivity index (χ3n) is 2.58. The van der Waals surface area contributed by atoms with Crippen LogP contribution in [0.4, 0.5) is 13.2 Å². The Morgan fingerprint density at radius 1 is 1.39 bits per heavy atom. The maximum absolute atomic E-state index is 12.5. The van der Waals surface area contributed by atoms with E-state index in [1.165, 1.54) is 6.07 Å². The lowest BCUT2D eigenvalue weighted by molar-refractivity contribution is -0.141. The van der Waals surface area contributed by atoms with E-state index in [0.29, 0.717) is 18.2 Å². The number of hydrogen-bond acceptors (Lipinski definition) is 4. The molecule has 0 aliphatic carbocycles. The van der Waals surface area contributed by atoms with Crippen LogP contribution in [-0.2, 0) is 12.7 Å². The molecule has 0 radical (unpaired) electrons. The van der Waals surface area contributed by atoms with E-state index in [2.05, 4.69) is 15.3 Å². The first kappa shape index (κ1) is 12.7. The van der Waals surface area contributed by atoms with Crippen molar-refractivity contribution in [1.82, 2.24) is 15.2 Å². The molecule has 0 bridgehead atoms. The first-order chi connectivity index (χ1) is 8.47. The van der Waals surface area contributed by atoms with Gasteiger partial charge in [0.2, 0.25) is 0 Å². The molecule has 1 aliphatic rings. The van der Waals surface area contributed by atoms with Gasteiger partial charge in [0.05, 0.1) is 18.8 Å². The normalized spacial score (nSPS) is 15.8. The molecule has 0 saturated heterocycles. The van der Waals surface area contributed by atoms with E-state index in [1.807, 2.05) is 11.9 Å². The summed E-state index contributed by atoms with van der Waals surface area (Å²) in [6.45, 7) is 1.75. The Hall–Kier alpha value is -1.79. The van der Waals surface area contributed by atoms with Crippen molar-refractivity contribution >= 4 is 5.96 Å². The van der Waals surface area contributed by atoms with Crippen molar-refractivity contribution in [2.75, 3.05) is 20.1 Å². The van der Waals surface area contributed by atoms with Crippen LogP contribution in [0.2, 0.25) is 0 Å². The average molecular weight is 258 g/mol. The van der Waals surface area contributed by atoms with Crippen LogP contribution < -0.4 is 5.32 Å². The highest BCUT2D eigenvalue weighted by Gasteiger charge is 2.32. The number of halogens is 3. The van der Waals surface area contributed by atoms with E-state index in [1.54, 1.807) is 6.07 Å². The number of guanidine groups is 1. The van der Waals surface area contributed by atoms with Crippen molar-refractivity contribution < 1.29 is 13.2 Å². The zero-order chi connectivity index (χ0) is 13.2. The zero-order valence-corrected chi connectivity index (χ0v) is 9.83. The Labute approximate surface area is 103 Å². The molecule has 2 heterocycles. The van der Waals surface area contributed by atoms with Crippen LogP contribution in [-0.4, -0.2) is 36.0 Å². The predicted octanol–water partition coefficient (Wildman–Crippen LogP) is 1.49. The summed E-state index contributed by atoms with van der Waals surface area (Å²) in [5, 5.41) is 2.97. The van der Waals surface area contributed by atoms with Crippen molar-refractivity contribution in [2.24, 2.45) is 4.99 Å². The van der Waals surface area contributed by atoms with Gasteiger partial charge in [-0.15, -0.1) is 0 Å². The van der Waals surface area contributed by atoms with Gasteiger partial charge >= 0.3 is 6.18 Å². The summed E-state index contributed by atoms with van der Waals surface area (Å²) >= 11 is 0. The first-order valence-corrected chi connectivity index (χ1v) is 5.49. The van der Waals surface area contributed by atoms with Crippen molar-refractivity contribution in [3.8, 4) is 0 Å². The molecule has 0 unspecified atom stereocenters. The van der Waals surface area contributed by atoms with Gasteiger partial charge in [-0.3, -0.25) is 4.99 Å². The molecule has 4 nitrogen and oxygen atoms in total. The van der Waals surface area contributed by atoms with E-state index in [0.717, 1.165) is 12.6 Å². The Balaban J connectivity index is 2.02. The number of pyridine rings is 1. The van der Waals surface area contributed by atoms with E-state index in [4.69, 9.17) is 0 Å². The van der Waals surface area contributed by atoms with Crippen LogP contribution in [0.3, 0.4) is 0 Å². The topological polar surface area (TPSA) is 40.5 Å². The molecule has 18 heavy (non-hydrogen) atoms. The largest absolute Gasteiger partial charge is 0.433 e. The monoisotopic (exact) mass is 258 g/mol. The van der Waals surface area contributed by atoms with Crippen LogP contribution in [0.5, 0.6) is 0 Å². The fraction of sp³-hybridized carbons (Fsp3) is 0.455. The van der Waals surface area contributed by atoms with Gasteiger partial charge in [-0.2, -0.15) is 13.2 Å². The fourth-order valence-corrected chi connectivity index (χ4v) is 1.63. The number of alkyl halides is 3. The Bertz CT molecular complexity index is 456. The quantitative estimate of drug-likeness (QED) is 0.873. The molecule has 98 valence electrons. The van der Waals surface area contributed by atoms with Crippen molar-refractivity contribution in [1.29, 1.82) is 0 Å². The molecule has 0 atom stereocenters. The number of aromatic nitrogens is 1. The van der Waals surface area contributed by atoms with Gasteiger partial charge in [0.25, 0.3) is 0 Å². The summed E-state index contributed by atoms with van der Waals surface area (Å²) in [5.41, 5.74) is -0.531. The summed E-state index contributed by atoms with van der Waals surface area (Å²) in [5.74, 6) is 0.689. The van der Waals surface area contributed by atoms with Gasteiger partial charge in [0.15, 0.2) is 5.96 Å². The summed E-state index contributed by atoms with van der Waals surface area (Å²) in [6.07, 6.45) is -4.41. The minimum atomic E-state index is -4.41. The lowest BCUT2D eigenvalue weighted by Crippen LogP contribution is -2.35. The molecular weight excluding hydrogens is 245 g/mol. The number of nitrogens with one attached hydrogen (secondary N) is 1. The van der Waals surface area contributed by atoms with E-state index in [-0.39, 0.29) is 6.54 Å². The molecule has 7 heteroatoms. The molecule has 0 spiro atoms. The second kappa shape index (κ2) is 4.83. The lowest BCUT2D eigenvalue weighted by atomic mass is 10.3. The summed E-state index contributed by atoms with van der Waals surface area (Å²) in [7, 11) is 1.87. The summed E-state index contributed by atoms with van der Waals surface area (Å²) in [4.78, 5) is 9.66. The van der Waals surface area contributed by atoms with Crippen molar-refractivity contribution in [3.63, 3.8) is 0 Å². The van der Waals surface area contributed by atoms with Gasteiger partial charge in [0.1, 0.15) is 5.69 Å². The van der Waals surface area contributed by atoms with Crippen LogP contribution in [0.1, 0.15) is 11.4 Å². The Kier molecular flexibility index (Phi) is 3.40. The SMILES string of the molecule is CN1CCN=C1NCc1cccc(C(F)(F)F)n1. The molecule has 0 aromatic carbocycles. The highest BCUT2D eigenvalue weighted by atomic mass is 19.4. The third kappa shape index (κ3) is 2.91. The predicted molar refractivity (Wildman–Crippen MR) is 61.0 cm³/mol. The number of rotatable bonds is 2. The maximum atomic E-state index is 12.5. The van der Waals surface area contributed by atoms with Crippen LogP contribution >= 0.6 is 0 Å². The molecule has 2 rings (SSSR count). The zero-order valence-electron chi connectivity index (χ0n) is 9.83. The molecule has 0 fully saturated rings. The molecule has 0 saturated carbocycles. The second-order valence-electron chi connectivity index (χ2n) is 3.99. The molecule has 1 N–H and O–H groups in total. The van der Waals surface area contributed by atoms with Crippen molar-refractivity contribution in [3.05, 3.63) is 29.6 Å². The van der Waals surface area contributed by atoms with Crippen LogP contribution in [0.25, 0.3) is 0 Å². The number of nitrogens with zero attached hydrogens (tertiary/aromatic N) is 3. The standard InChI is InChI=1S/C11H13F3N4/c1-18-6-5-15-10(18)16-7-8-3-2-4-9(17-8)11(12,13)14/h2-4H,5-7H2,1H3,(H,15,16). The highest BCUT2D eigenvalue weighted by molar-refractivity contribution is 5.81. The van der Waals surface area contributed by atoms with Gasteiger partial charge < -0.3 is 10.2 Å². The first-order valence-electron chi connectivity index (χ1n) is 5.49.